The van der Waals surface area contributed by atoms with Crippen LogP contribution in [-0.4, -0.2) is 39.5 Å². The third-order valence-electron chi connectivity index (χ3n) is 8.05. The highest BCUT2D eigenvalue weighted by Crippen LogP contribution is 2.37. The molecule has 4 aromatic carbocycles. The molecule has 1 unspecified atom stereocenters. The second-order valence-corrected chi connectivity index (χ2v) is 10.7. The maximum Gasteiger partial charge on any atom is 0.164 e. The molecule has 9 nitrogen and oxygen atoms in total. The summed E-state index contributed by atoms with van der Waals surface area (Å²) in [4.78, 5) is 33.9. The van der Waals surface area contributed by atoms with Gasteiger partial charge in [0.25, 0.3) is 0 Å². The number of fused-ring (bicyclic) bond motifs is 20. The van der Waals surface area contributed by atoms with Crippen LogP contribution >= 0.6 is 0 Å². The Balaban J connectivity index is 1.55. The van der Waals surface area contributed by atoms with E-state index >= 15 is 0 Å². The molecular weight excluding hydrogens is 534 g/mol. The molecule has 0 saturated heterocycles. The van der Waals surface area contributed by atoms with Crippen molar-refractivity contribution in [3.8, 4) is 45.6 Å². The molecule has 0 saturated carbocycles. The fourth-order valence-electron chi connectivity index (χ4n) is 6.11. The number of aromatic nitrogens is 8. The molecule has 8 bridgehead atoms. The predicted octanol–water partition coefficient (Wildman–Crippen LogP) is 6.82. The average molecular weight is 558 g/mol. The standard InChI is InChI=1S/C34H23N9/c1-18(35)43-33-25-16-8-9-17-26(25)34(43)42-32-24-15-7-5-13-22(24)30(40-32)38-28-20-11-3-2-10-19(20)27(36-28)37-29-21-12-4-6-14-23(21)31(39-29)41-33/h2-18H,35H2,1H3,(H,36,37,38,39,40,41,42). The van der Waals surface area contributed by atoms with Gasteiger partial charge in [-0.2, -0.15) is 0 Å². The van der Waals surface area contributed by atoms with Crippen LogP contribution < -0.4 is 5.73 Å². The van der Waals surface area contributed by atoms with Gasteiger partial charge in [0.1, 0.15) is 22.6 Å². The molecule has 5 heterocycles. The minimum atomic E-state index is -0.430. The van der Waals surface area contributed by atoms with Crippen molar-refractivity contribution in [1.82, 2.24) is 39.5 Å². The summed E-state index contributed by atoms with van der Waals surface area (Å²) in [7, 11) is 0. The van der Waals surface area contributed by atoms with E-state index in [1.807, 2.05) is 109 Å². The summed E-state index contributed by atoms with van der Waals surface area (Å²) in [5.74, 6) is 2.29. The number of nitrogens with one attached hydrogen (secondary N) is 1. The van der Waals surface area contributed by atoms with E-state index in [2.05, 4.69) is 4.98 Å². The van der Waals surface area contributed by atoms with Crippen molar-refractivity contribution in [1.29, 1.82) is 0 Å². The van der Waals surface area contributed by atoms with Gasteiger partial charge >= 0.3 is 0 Å². The number of nitrogens with zero attached hydrogens (tertiary/aromatic N) is 7. The summed E-state index contributed by atoms with van der Waals surface area (Å²) in [6.07, 6.45) is -0.430. The molecular formula is C34H23N9. The van der Waals surface area contributed by atoms with Gasteiger partial charge in [0, 0.05) is 43.8 Å². The Morgan fingerprint density at radius 3 is 1.23 bits per heavy atom. The Labute approximate surface area is 244 Å². The van der Waals surface area contributed by atoms with Crippen LogP contribution in [0.15, 0.2) is 97.1 Å². The van der Waals surface area contributed by atoms with E-state index in [4.69, 9.17) is 35.6 Å². The van der Waals surface area contributed by atoms with Gasteiger partial charge in [-0.05, 0) is 6.92 Å². The molecule has 1 atom stereocenters. The van der Waals surface area contributed by atoms with Gasteiger partial charge in [-0.1, -0.05) is 97.1 Å². The van der Waals surface area contributed by atoms with E-state index in [9.17, 15) is 0 Å². The maximum absolute atomic E-state index is 6.65. The van der Waals surface area contributed by atoms with Crippen molar-refractivity contribution < 1.29 is 0 Å². The van der Waals surface area contributed by atoms with E-state index in [1.54, 1.807) is 0 Å². The second kappa shape index (κ2) is 8.85. The van der Waals surface area contributed by atoms with Crippen LogP contribution in [0.2, 0.25) is 0 Å². The lowest BCUT2D eigenvalue weighted by molar-refractivity contribution is 0.601. The van der Waals surface area contributed by atoms with E-state index < -0.39 is 6.17 Å². The number of nitrogens with two attached hydrogens (primary N) is 1. The first-order valence-electron chi connectivity index (χ1n) is 14.1. The molecule has 3 aromatic heterocycles. The SMILES string of the molecule is CC(N)n1c2nc3nc(nc4[nH]c(nc5nc(nc1c1ccccc12)-c1ccccc1-5)c1ccccc41)-c1ccccc1-3. The molecule has 3 N–H and O–H groups in total. The number of H-pyrrole nitrogens is 1. The van der Waals surface area contributed by atoms with Gasteiger partial charge in [0.2, 0.25) is 0 Å². The van der Waals surface area contributed by atoms with Crippen LogP contribution in [0.1, 0.15) is 13.1 Å². The van der Waals surface area contributed by atoms with Crippen LogP contribution in [0.4, 0.5) is 0 Å². The first kappa shape index (κ1) is 23.9. The zero-order chi connectivity index (χ0) is 28.7. The highest BCUT2D eigenvalue weighted by Gasteiger charge is 2.23. The summed E-state index contributed by atoms with van der Waals surface area (Å²) in [5, 5.41) is 3.73. The zero-order valence-corrected chi connectivity index (χ0v) is 23.0. The van der Waals surface area contributed by atoms with Crippen LogP contribution in [0, 0.1) is 0 Å². The van der Waals surface area contributed by atoms with E-state index in [-0.39, 0.29) is 0 Å². The molecule has 2 aliphatic rings. The van der Waals surface area contributed by atoms with Crippen molar-refractivity contribution in [2.45, 2.75) is 13.1 Å². The molecule has 9 heteroatoms. The Hall–Kier alpha value is -5.80. The number of hydrogen-bond acceptors (Lipinski definition) is 7. The summed E-state index contributed by atoms with van der Waals surface area (Å²) < 4.78 is 1.96. The minimum absolute atomic E-state index is 0.430. The molecule has 2 aliphatic heterocycles. The maximum atomic E-state index is 6.65. The van der Waals surface area contributed by atoms with Gasteiger partial charge in [-0.25, -0.2) is 29.9 Å². The fraction of sp³-hybridized carbons (Fsp3) is 0.0588. The highest BCUT2D eigenvalue weighted by atomic mass is 15.2. The molecule has 0 radical (unpaired) electrons. The summed E-state index contributed by atoms with van der Waals surface area (Å²) >= 11 is 0. The molecule has 0 amide bonds. The number of rotatable bonds is 1. The zero-order valence-electron chi connectivity index (χ0n) is 23.0. The molecule has 7 aromatic rings. The lowest BCUT2D eigenvalue weighted by atomic mass is 10.1. The lowest BCUT2D eigenvalue weighted by Gasteiger charge is -2.09. The number of benzene rings is 4. The molecule has 43 heavy (non-hydrogen) atoms. The van der Waals surface area contributed by atoms with Crippen LogP contribution in [0.3, 0.4) is 0 Å². The van der Waals surface area contributed by atoms with Gasteiger partial charge in [-0.3, -0.25) is 4.57 Å². The normalized spacial score (nSPS) is 12.8. The Morgan fingerprint density at radius 2 is 0.837 bits per heavy atom. The van der Waals surface area contributed by atoms with E-state index in [1.165, 1.54) is 0 Å². The Kier molecular flexibility index (Phi) is 4.91. The molecule has 0 spiro atoms. The van der Waals surface area contributed by atoms with Crippen LogP contribution in [0.25, 0.3) is 89.7 Å². The van der Waals surface area contributed by atoms with E-state index in [0.29, 0.717) is 45.9 Å². The molecule has 204 valence electrons. The first-order valence-corrected chi connectivity index (χ1v) is 14.1. The summed E-state index contributed by atoms with van der Waals surface area (Å²) in [5.41, 5.74) is 13.0. The largest absolute Gasteiger partial charge is 0.324 e. The second-order valence-electron chi connectivity index (χ2n) is 10.7. The Morgan fingerprint density at radius 1 is 0.488 bits per heavy atom. The number of aromatic amines is 1. The van der Waals surface area contributed by atoms with E-state index in [0.717, 1.165) is 43.8 Å². The lowest BCUT2D eigenvalue weighted by Crippen LogP contribution is -2.15. The van der Waals surface area contributed by atoms with Crippen molar-refractivity contribution in [3.63, 3.8) is 0 Å². The van der Waals surface area contributed by atoms with Crippen molar-refractivity contribution in [3.05, 3.63) is 97.1 Å². The van der Waals surface area contributed by atoms with Crippen LogP contribution in [0.5, 0.6) is 0 Å². The average Bonchev–Trinajstić information content (AvgIpc) is 3.75. The molecule has 0 aliphatic carbocycles. The van der Waals surface area contributed by atoms with Gasteiger partial charge < -0.3 is 10.7 Å². The van der Waals surface area contributed by atoms with Crippen LogP contribution in [-0.2, 0) is 0 Å². The Bertz CT molecular complexity index is 2290. The highest BCUT2D eigenvalue weighted by molar-refractivity contribution is 6.06. The number of hydrogen-bond donors (Lipinski definition) is 2. The monoisotopic (exact) mass is 557 g/mol. The van der Waals surface area contributed by atoms with Gasteiger partial charge in [-0.15, -0.1) is 0 Å². The fourth-order valence-corrected chi connectivity index (χ4v) is 6.11. The van der Waals surface area contributed by atoms with Gasteiger partial charge in [0.15, 0.2) is 23.3 Å². The topological polar surface area (TPSA) is 124 Å². The van der Waals surface area contributed by atoms with Gasteiger partial charge in [0.05, 0.1) is 6.17 Å². The molecule has 9 rings (SSSR count). The molecule has 0 fully saturated rings. The van der Waals surface area contributed by atoms with Crippen molar-refractivity contribution in [2.24, 2.45) is 5.73 Å². The summed E-state index contributed by atoms with van der Waals surface area (Å²) in [6, 6.07) is 32.2. The van der Waals surface area contributed by atoms with Crippen molar-refractivity contribution >= 4 is 44.1 Å². The van der Waals surface area contributed by atoms with Crippen molar-refractivity contribution in [2.75, 3.05) is 0 Å². The third kappa shape index (κ3) is 3.49. The smallest absolute Gasteiger partial charge is 0.164 e. The first-order chi connectivity index (χ1) is 21.1. The third-order valence-corrected chi connectivity index (χ3v) is 8.05. The quantitative estimate of drug-likeness (QED) is 0.227. The summed E-state index contributed by atoms with van der Waals surface area (Å²) in [6.45, 7) is 1.93. The predicted molar refractivity (Wildman–Crippen MR) is 169 cm³/mol. The minimum Gasteiger partial charge on any atom is -0.324 e.